The third-order valence-electron chi connectivity index (χ3n) is 6.97. The number of rotatable bonds is 2. The number of nitrogens with zero attached hydrogens (tertiary/aromatic N) is 2. The molecule has 3 aromatic rings. The van der Waals surface area contributed by atoms with E-state index in [1.165, 1.54) is 42.1 Å². The summed E-state index contributed by atoms with van der Waals surface area (Å²) >= 11 is 0. The molecule has 0 saturated heterocycles. The molecule has 1 saturated carbocycles. The fourth-order valence-corrected chi connectivity index (χ4v) is 5.42. The molecule has 2 aromatic heterocycles. The first kappa shape index (κ1) is 14.5. The summed E-state index contributed by atoms with van der Waals surface area (Å²) < 4.78 is 34.2. The van der Waals surface area contributed by atoms with Crippen LogP contribution in [0, 0.1) is 13.8 Å². The lowest BCUT2D eigenvalue weighted by Gasteiger charge is -2.26. The van der Waals surface area contributed by atoms with E-state index in [0.717, 1.165) is 35.4 Å². The second kappa shape index (κ2) is 6.52. The normalized spacial score (nSPS) is 21.0. The highest BCUT2D eigenvalue weighted by Gasteiger charge is 2.46. The van der Waals surface area contributed by atoms with E-state index < -0.39 is 12.7 Å². The van der Waals surface area contributed by atoms with Crippen LogP contribution in [0.2, 0.25) is 0 Å². The molecule has 0 radical (unpaired) electrons. The fourth-order valence-electron chi connectivity index (χ4n) is 5.42. The second-order valence-corrected chi connectivity index (χ2v) is 8.89. The van der Waals surface area contributed by atoms with Gasteiger partial charge in [-0.05, 0) is 67.0 Å². The van der Waals surface area contributed by atoms with Crippen LogP contribution in [0.5, 0.6) is 0 Å². The molecule has 29 heavy (non-hydrogen) atoms. The number of aryl methyl sites for hydroxylation is 3. The van der Waals surface area contributed by atoms with Crippen molar-refractivity contribution in [3.8, 4) is 22.4 Å². The average molecular weight is 388 g/mol. The number of hydrogen-bond acceptors (Lipinski definition) is 1. The first-order valence-corrected chi connectivity index (χ1v) is 10.6. The smallest absolute Gasteiger partial charge is 0.212 e. The monoisotopic (exact) mass is 387 g/mol. The van der Waals surface area contributed by atoms with E-state index in [1.54, 1.807) is 6.07 Å². The molecule has 1 unspecified atom stereocenters. The Balaban J connectivity index is 1.72. The lowest BCUT2D eigenvalue weighted by molar-refractivity contribution is -0.660. The Kier molecular flexibility index (Phi) is 3.26. The summed E-state index contributed by atoms with van der Waals surface area (Å²) in [4.78, 5) is 5.03. The van der Waals surface area contributed by atoms with Crippen molar-refractivity contribution < 1.29 is 10.1 Å². The lowest BCUT2D eigenvalue weighted by Crippen LogP contribution is -2.31. The van der Waals surface area contributed by atoms with Crippen LogP contribution in [-0.2, 0) is 12.5 Å². The summed E-state index contributed by atoms with van der Waals surface area (Å²) in [5.41, 5.74) is 9.82. The number of aromatic nitrogens is 2. The van der Waals surface area contributed by atoms with Crippen LogP contribution in [0.1, 0.15) is 78.9 Å². The third kappa shape index (κ3) is 2.68. The highest BCUT2D eigenvalue weighted by Crippen LogP contribution is 2.57. The zero-order valence-corrected chi connectivity index (χ0v) is 17.8. The van der Waals surface area contributed by atoms with Gasteiger partial charge in [0.2, 0.25) is 5.69 Å². The summed E-state index contributed by atoms with van der Waals surface area (Å²) in [6.07, 6.45) is 6.60. The molecule has 1 fully saturated rings. The molecule has 0 bridgehead atoms. The molecule has 5 rings (SSSR count). The molecule has 0 aliphatic heterocycles. The van der Waals surface area contributed by atoms with Gasteiger partial charge in [0.1, 0.15) is 7.05 Å². The van der Waals surface area contributed by atoms with Gasteiger partial charge in [0.05, 0.1) is 5.69 Å². The van der Waals surface area contributed by atoms with Crippen molar-refractivity contribution in [1.82, 2.24) is 4.98 Å². The van der Waals surface area contributed by atoms with E-state index in [0.29, 0.717) is 5.56 Å². The van der Waals surface area contributed by atoms with Gasteiger partial charge in [-0.1, -0.05) is 38.8 Å². The van der Waals surface area contributed by atoms with Crippen LogP contribution in [0.3, 0.4) is 0 Å². The Morgan fingerprint density at radius 2 is 1.86 bits per heavy atom. The van der Waals surface area contributed by atoms with Gasteiger partial charge >= 0.3 is 0 Å². The topological polar surface area (TPSA) is 16.8 Å². The van der Waals surface area contributed by atoms with E-state index in [2.05, 4.69) is 38.1 Å². The summed E-state index contributed by atoms with van der Waals surface area (Å²) in [5, 5.41) is 0. The minimum Gasteiger partial charge on any atom is -0.257 e. The molecule has 1 spiro atoms. The lowest BCUT2D eigenvalue weighted by atomic mass is 9.78. The maximum absolute atomic E-state index is 8.57. The number of hydrogen-bond donors (Lipinski definition) is 0. The van der Waals surface area contributed by atoms with Crippen LogP contribution >= 0.6 is 0 Å². The fraction of sp³-hybridized carbons (Fsp3) is 0.407. The van der Waals surface area contributed by atoms with Crippen LogP contribution < -0.4 is 4.57 Å². The van der Waals surface area contributed by atoms with E-state index in [-0.39, 0.29) is 5.41 Å². The largest absolute Gasteiger partial charge is 0.257 e. The average Bonchev–Trinajstić information content (AvgIpc) is 3.32. The molecular weight excluding hydrogens is 352 g/mol. The predicted molar refractivity (Wildman–Crippen MR) is 119 cm³/mol. The summed E-state index contributed by atoms with van der Waals surface area (Å²) in [6.45, 7) is 3.27. The van der Waals surface area contributed by atoms with Crippen molar-refractivity contribution in [3.63, 3.8) is 0 Å². The molecule has 2 heterocycles. The standard InChI is InChI=1S/C27H31N2/c1-17(2)20-10-13-29(5)25(15-20)22-16-23-21-9-8-19(4)28-26(21)27(11-6-7-12-27)24(23)14-18(22)3/h8-10,13-17H,6-7,11-12H2,1-5H3/q+1/i1D3,17D. The van der Waals surface area contributed by atoms with Gasteiger partial charge in [-0.25, -0.2) is 4.57 Å². The first-order valence-electron chi connectivity index (χ1n) is 12.6. The van der Waals surface area contributed by atoms with Gasteiger partial charge in [-0.2, -0.15) is 0 Å². The van der Waals surface area contributed by atoms with E-state index in [1.807, 2.05) is 23.9 Å². The number of fused-ring (bicyclic) bond motifs is 5. The molecule has 2 aliphatic carbocycles. The summed E-state index contributed by atoms with van der Waals surface area (Å²) in [5.74, 6) is -1.68. The Morgan fingerprint density at radius 1 is 1.07 bits per heavy atom. The number of benzene rings is 1. The number of pyridine rings is 2. The van der Waals surface area contributed by atoms with Crippen LogP contribution in [0.25, 0.3) is 22.4 Å². The van der Waals surface area contributed by atoms with Crippen molar-refractivity contribution >= 4 is 0 Å². The van der Waals surface area contributed by atoms with Gasteiger partial charge in [0, 0.05) is 39.9 Å². The zero-order valence-electron chi connectivity index (χ0n) is 21.8. The Bertz CT molecular complexity index is 1270. The van der Waals surface area contributed by atoms with E-state index in [4.69, 9.17) is 10.5 Å². The van der Waals surface area contributed by atoms with Gasteiger partial charge in [0.25, 0.3) is 0 Å². The van der Waals surface area contributed by atoms with Gasteiger partial charge in [-0.3, -0.25) is 4.98 Å². The molecule has 2 heteroatoms. The highest BCUT2D eigenvalue weighted by molar-refractivity contribution is 5.84. The van der Waals surface area contributed by atoms with Crippen molar-refractivity contribution in [2.45, 2.75) is 64.6 Å². The molecule has 1 atom stereocenters. The van der Waals surface area contributed by atoms with Crippen molar-refractivity contribution in [1.29, 1.82) is 0 Å². The summed E-state index contributed by atoms with van der Waals surface area (Å²) in [7, 11) is 1.97. The molecule has 1 aromatic carbocycles. The van der Waals surface area contributed by atoms with Gasteiger partial charge in [0.15, 0.2) is 6.20 Å². The van der Waals surface area contributed by atoms with Crippen LogP contribution in [0.4, 0.5) is 0 Å². The van der Waals surface area contributed by atoms with Gasteiger partial charge in [-0.15, -0.1) is 0 Å². The minimum atomic E-state index is -2.41. The Hall–Kier alpha value is -2.48. The maximum atomic E-state index is 8.57. The molecule has 2 aliphatic rings. The second-order valence-electron chi connectivity index (χ2n) is 8.89. The predicted octanol–water partition coefficient (Wildman–Crippen LogP) is 6.15. The van der Waals surface area contributed by atoms with E-state index in [9.17, 15) is 0 Å². The highest BCUT2D eigenvalue weighted by atomic mass is 14.9. The quantitative estimate of drug-likeness (QED) is 0.482. The first-order chi connectivity index (χ1) is 15.5. The zero-order chi connectivity index (χ0) is 23.8. The SMILES string of the molecule is [2H]C([2H])([2H])C([2H])(C)c1cc[n+](C)c(-c2cc3c(cc2C)C2(CCCC2)c2nc(C)ccc2-3)c1. The van der Waals surface area contributed by atoms with Crippen molar-refractivity contribution in [2.24, 2.45) is 7.05 Å². The van der Waals surface area contributed by atoms with Gasteiger partial charge < -0.3 is 0 Å². The third-order valence-corrected chi connectivity index (χ3v) is 6.97. The molecule has 0 amide bonds. The molecule has 148 valence electrons. The molecular formula is C27H31N2+. The van der Waals surface area contributed by atoms with Crippen molar-refractivity contribution in [2.75, 3.05) is 0 Å². The van der Waals surface area contributed by atoms with E-state index >= 15 is 0 Å². The summed E-state index contributed by atoms with van der Waals surface area (Å²) in [6, 6.07) is 12.5. The van der Waals surface area contributed by atoms with Crippen molar-refractivity contribution in [3.05, 3.63) is 70.7 Å². The molecule has 0 N–H and O–H groups in total. The van der Waals surface area contributed by atoms with Crippen LogP contribution in [0.15, 0.2) is 42.6 Å². The minimum absolute atomic E-state index is 0.0189. The maximum Gasteiger partial charge on any atom is 0.212 e. The van der Waals surface area contributed by atoms with Crippen LogP contribution in [-0.4, -0.2) is 4.98 Å². The Labute approximate surface area is 180 Å². The molecule has 2 nitrogen and oxygen atoms in total. The Morgan fingerprint density at radius 3 is 2.62 bits per heavy atom.